The molecule has 20 heavy (non-hydrogen) atoms. The molecule has 1 heterocycles. The maximum Gasteiger partial charge on any atom is 0.358 e. The minimum atomic E-state index is -1.13. The SMILES string of the molecule is CC(CO)C(C)Nc1c(C(=O)O)nnc2ccccc12. The third-order valence-corrected chi connectivity index (χ3v) is 3.38. The van der Waals surface area contributed by atoms with E-state index in [0.717, 1.165) is 0 Å². The largest absolute Gasteiger partial charge is 0.476 e. The minimum Gasteiger partial charge on any atom is -0.476 e. The molecular formula is C14H17N3O3. The van der Waals surface area contributed by atoms with Gasteiger partial charge in [0.2, 0.25) is 0 Å². The summed E-state index contributed by atoms with van der Waals surface area (Å²) in [4.78, 5) is 11.3. The molecule has 0 bridgehead atoms. The maximum absolute atomic E-state index is 11.3. The van der Waals surface area contributed by atoms with Crippen molar-refractivity contribution in [1.29, 1.82) is 0 Å². The highest BCUT2D eigenvalue weighted by molar-refractivity contribution is 6.02. The van der Waals surface area contributed by atoms with Crippen LogP contribution in [0.3, 0.4) is 0 Å². The van der Waals surface area contributed by atoms with Crippen LogP contribution in [0.1, 0.15) is 24.3 Å². The first-order valence-corrected chi connectivity index (χ1v) is 6.40. The first kappa shape index (κ1) is 14.2. The van der Waals surface area contributed by atoms with Crippen molar-refractivity contribution < 1.29 is 15.0 Å². The number of rotatable bonds is 5. The molecule has 6 heteroatoms. The Balaban J connectivity index is 2.52. The van der Waals surface area contributed by atoms with E-state index in [9.17, 15) is 15.0 Å². The van der Waals surface area contributed by atoms with Gasteiger partial charge in [-0.05, 0) is 18.9 Å². The van der Waals surface area contributed by atoms with Gasteiger partial charge in [-0.15, -0.1) is 10.2 Å². The molecule has 2 atom stereocenters. The number of anilines is 1. The van der Waals surface area contributed by atoms with Crippen LogP contribution in [0.2, 0.25) is 0 Å². The fourth-order valence-corrected chi connectivity index (χ4v) is 1.88. The van der Waals surface area contributed by atoms with Gasteiger partial charge in [-0.3, -0.25) is 0 Å². The fraction of sp³-hybridized carbons (Fsp3) is 0.357. The van der Waals surface area contributed by atoms with Crippen molar-refractivity contribution in [2.45, 2.75) is 19.9 Å². The highest BCUT2D eigenvalue weighted by atomic mass is 16.4. The Bertz CT molecular complexity index is 630. The van der Waals surface area contributed by atoms with Crippen molar-refractivity contribution in [3.05, 3.63) is 30.0 Å². The zero-order valence-electron chi connectivity index (χ0n) is 11.4. The monoisotopic (exact) mass is 275 g/mol. The number of hydrogen-bond acceptors (Lipinski definition) is 5. The van der Waals surface area contributed by atoms with Crippen LogP contribution in [-0.4, -0.2) is 39.0 Å². The lowest BCUT2D eigenvalue weighted by atomic mass is 10.0. The minimum absolute atomic E-state index is 0.0106. The molecule has 0 amide bonds. The number of aromatic carboxylic acids is 1. The van der Waals surface area contributed by atoms with Gasteiger partial charge in [-0.1, -0.05) is 25.1 Å². The summed E-state index contributed by atoms with van der Waals surface area (Å²) in [7, 11) is 0. The molecule has 0 saturated carbocycles. The second-order valence-electron chi connectivity index (χ2n) is 4.84. The summed E-state index contributed by atoms with van der Waals surface area (Å²) < 4.78 is 0. The predicted molar refractivity (Wildman–Crippen MR) is 75.8 cm³/mol. The smallest absolute Gasteiger partial charge is 0.358 e. The Morgan fingerprint density at radius 3 is 2.65 bits per heavy atom. The quantitative estimate of drug-likeness (QED) is 0.769. The number of carboxylic acids is 1. The van der Waals surface area contributed by atoms with Crippen molar-refractivity contribution in [2.75, 3.05) is 11.9 Å². The topological polar surface area (TPSA) is 95.3 Å². The van der Waals surface area contributed by atoms with Crippen LogP contribution in [-0.2, 0) is 0 Å². The van der Waals surface area contributed by atoms with E-state index in [4.69, 9.17) is 0 Å². The summed E-state index contributed by atoms with van der Waals surface area (Å²) in [6, 6.07) is 7.13. The van der Waals surface area contributed by atoms with E-state index in [1.165, 1.54) is 0 Å². The highest BCUT2D eigenvalue weighted by Crippen LogP contribution is 2.26. The Hall–Kier alpha value is -2.21. The molecule has 0 aliphatic heterocycles. The number of benzene rings is 1. The molecule has 1 aromatic carbocycles. The summed E-state index contributed by atoms with van der Waals surface area (Å²) in [6.45, 7) is 3.80. The second-order valence-corrected chi connectivity index (χ2v) is 4.84. The van der Waals surface area contributed by atoms with Gasteiger partial charge in [0, 0.05) is 18.0 Å². The lowest BCUT2D eigenvalue weighted by Crippen LogP contribution is -2.27. The molecule has 1 aromatic heterocycles. The maximum atomic E-state index is 11.3. The first-order valence-electron chi connectivity index (χ1n) is 6.40. The molecule has 2 unspecified atom stereocenters. The van der Waals surface area contributed by atoms with Gasteiger partial charge in [-0.2, -0.15) is 0 Å². The number of nitrogens with zero attached hydrogens (tertiary/aromatic N) is 2. The number of fused-ring (bicyclic) bond motifs is 1. The van der Waals surface area contributed by atoms with Crippen molar-refractivity contribution in [1.82, 2.24) is 10.2 Å². The van der Waals surface area contributed by atoms with Crippen LogP contribution in [0, 0.1) is 5.92 Å². The van der Waals surface area contributed by atoms with E-state index in [1.807, 2.05) is 26.0 Å². The number of aliphatic hydroxyl groups is 1. The van der Waals surface area contributed by atoms with Crippen molar-refractivity contribution >= 4 is 22.6 Å². The molecule has 3 N–H and O–H groups in total. The number of aliphatic hydroxyl groups excluding tert-OH is 1. The average molecular weight is 275 g/mol. The van der Waals surface area contributed by atoms with E-state index in [-0.39, 0.29) is 24.3 Å². The standard InChI is InChI=1S/C14H17N3O3/c1-8(7-18)9(2)15-12-10-5-3-4-6-11(10)16-17-13(12)14(19)20/h3-6,8-9,18H,7H2,1-2H3,(H,15,16)(H,19,20). The number of hydrogen-bond donors (Lipinski definition) is 3. The molecule has 2 aromatic rings. The summed E-state index contributed by atoms with van der Waals surface area (Å²) >= 11 is 0. The van der Waals surface area contributed by atoms with Gasteiger partial charge in [-0.25, -0.2) is 4.79 Å². The molecule has 0 radical (unpaired) electrons. The summed E-state index contributed by atoms with van der Waals surface area (Å²) in [5.41, 5.74) is 0.959. The summed E-state index contributed by atoms with van der Waals surface area (Å²) in [5.74, 6) is -1.14. The Morgan fingerprint density at radius 1 is 1.30 bits per heavy atom. The molecular weight excluding hydrogens is 258 g/mol. The van der Waals surface area contributed by atoms with Crippen LogP contribution in [0.15, 0.2) is 24.3 Å². The predicted octanol–water partition coefficient (Wildman–Crippen LogP) is 1.76. The van der Waals surface area contributed by atoms with Gasteiger partial charge in [0.25, 0.3) is 0 Å². The first-order chi connectivity index (χ1) is 9.54. The van der Waals surface area contributed by atoms with E-state index in [0.29, 0.717) is 16.6 Å². The zero-order valence-corrected chi connectivity index (χ0v) is 11.4. The molecule has 0 spiro atoms. The van der Waals surface area contributed by atoms with Crippen LogP contribution in [0.5, 0.6) is 0 Å². The lowest BCUT2D eigenvalue weighted by molar-refractivity contribution is 0.0690. The molecule has 6 nitrogen and oxygen atoms in total. The summed E-state index contributed by atoms with van der Waals surface area (Å²) in [6.07, 6.45) is 0. The van der Waals surface area contributed by atoms with Gasteiger partial charge in [0.05, 0.1) is 11.2 Å². The third kappa shape index (κ3) is 2.70. The van der Waals surface area contributed by atoms with E-state index in [1.54, 1.807) is 12.1 Å². The van der Waals surface area contributed by atoms with Gasteiger partial charge < -0.3 is 15.5 Å². The van der Waals surface area contributed by atoms with Crippen LogP contribution < -0.4 is 5.32 Å². The van der Waals surface area contributed by atoms with E-state index in [2.05, 4.69) is 15.5 Å². The van der Waals surface area contributed by atoms with Crippen LogP contribution in [0.25, 0.3) is 10.9 Å². The molecule has 106 valence electrons. The van der Waals surface area contributed by atoms with Crippen molar-refractivity contribution in [2.24, 2.45) is 5.92 Å². The van der Waals surface area contributed by atoms with E-state index < -0.39 is 5.97 Å². The highest BCUT2D eigenvalue weighted by Gasteiger charge is 2.20. The van der Waals surface area contributed by atoms with Crippen LogP contribution >= 0.6 is 0 Å². The number of carboxylic acid groups (broad SMARTS) is 1. The van der Waals surface area contributed by atoms with Crippen LogP contribution in [0.4, 0.5) is 5.69 Å². The van der Waals surface area contributed by atoms with Gasteiger partial charge in [0.15, 0.2) is 5.69 Å². The average Bonchev–Trinajstić information content (AvgIpc) is 2.46. The number of nitrogens with one attached hydrogen (secondary N) is 1. The molecule has 0 saturated heterocycles. The fourth-order valence-electron chi connectivity index (χ4n) is 1.88. The Morgan fingerprint density at radius 2 is 2.00 bits per heavy atom. The lowest BCUT2D eigenvalue weighted by Gasteiger charge is -2.22. The Kier molecular flexibility index (Phi) is 4.14. The Labute approximate surface area is 116 Å². The number of aromatic nitrogens is 2. The zero-order chi connectivity index (χ0) is 14.7. The molecule has 0 aliphatic rings. The van der Waals surface area contributed by atoms with Crippen molar-refractivity contribution in [3.63, 3.8) is 0 Å². The van der Waals surface area contributed by atoms with Gasteiger partial charge in [0.1, 0.15) is 0 Å². The second kappa shape index (κ2) is 5.83. The van der Waals surface area contributed by atoms with E-state index >= 15 is 0 Å². The number of carbonyl (C=O) groups is 1. The van der Waals surface area contributed by atoms with Gasteiger partial charge >= 0.3 is 5.97 Å². The molecule has 2 rings (SSSR count). The summed E-state index contributed by atoms with van der Waals surface area (Å²) in [5, 5.41) is 30.0. The van der Waals surface area contributed by atoms with Crippen molar-refractivity contribution in [3.8, 4) is 0 Å². The molecule has 0 fully saturated rings. The normalized spacial score (nSPS) is 13.9. The molecule has 0 aliphatic carbocycles. The third-order valence-electron chi connectivity index (χ3n) is 3.38.